The van der Waals surface area contributed by atoms with E-state index in [1.807, 2.05) is 25.1 Å². The smallest absolute Gasteiger partial charge is 0.309 e. The number of fused-ring (bicyclic) bond motifs is 1. The Morgan fingerprint density at radius 2 is 2.00 bits per heavy atom. The van der Waals surface area contributed by atoms with E-state index in [-0.39, 0.29) is 17.7 Å². The fourth-order valence-corrected chi connectivity index (χ4v) is 3.91. The second kappa shape index (κ2) is 8.65. The highest BCUT2D eigenvalue weighted by Gasteiger charge is 2.27. The van der Waals surface area contributed by atoms with Crippen molar-refractivity contribution in [3.8, 4) is 16.9 Å². The van der Waals surface area contributed by atoms with Gasteiger partial charge in [0.25, 0.3) is 0 Å². The standard InChI is InChI=1S/C23H24FN3O3/c1-3-30-23(28)15-8-11-27(12-9-15)21-14-18(22-19(26-21)5-4-10-25-22)17-13-16(24)6-7-20(17)29-2/h4-7,10,13-15H,3,8-9,11-12H2,1-2H3. The Hall–Kier alpha value is -3.22. The molecule has 156 valence electrons. The van der Waals surface area contributed by atoms with Crippen LogP contribution >= 0.6 is 0 Å². The van der Waals surface area contributed by atoms with Crippen LogP contribution in [-0.2, 0) is 9.53 Å². The van der Waals surface area contributed by atoms with Gasteiger partial charge in [0.2, 0.25) is 0 Å². The SMILES string of the molecule is CCOC(=O)C1CCN(c2cc(-c3cc(F)ccc3OC)c3ncccc3n2)CC1. The van der Waals surface area contributed by atoms with Gasteiger partial charge in [-0.1, -0.05) is 0 Å². The number of hydrogen-bond donors (Lipinski definition) is 0. The maximum Gasteiger partial charge on any atom is 0.309 e. The molecule has 0 saturated carbocycles. The minimum absolute atomic E-state index is 0.0777. The topological polar surface area (TPSA) is 64.5 Å². The van der Waals surface area contributed by atoms with Gasteiger partial charge in [0.15, 0.2) is 0 Å². The van der Waals surface area contributed by atoms with Crippen molar-refractivity contribution in [1.29, 1.82) is 0 Å². The van der Waals surface area contributed by atoms with E-state index < -0.39 is 0 Å². The van der Waals surface area contributed by atoms with Gasteiger partial charge in [-0.2, -0.15) is 0 Å². The summed E-state index contributed by atoms with van der Waals surface area (Å²) in [6.45, 7) is 3.61. The summed E-state index contributed by atoms with van der Waals surface area (Å²) in [7, 11) is 1.56. The van der Waals surface area contributed by atoms with Crippen LogP contribution in [0.15, 0.2) is 42.6 Å². The van der Waals surface area contributed by atoms with E-state index in [1.165, 1.54) is 12.1 Å². The average Bonchev–Trinajstić information content (AvgIpc) is 2.78. The first-order valence-corrected chi connectivity index (χ1v) is 10.1. The predicted molar refractivity (Wildman–Crippen MR) is 113 cm³/mol. The molecule has 30 heavy (non-hydrogen) atoms. The first-order chi connectivity index (χ1) is 14.6. The van der Waals surface area contributed by atoms with Crippen LogP contribution in [0.5, 0.6) is 5.75 Å². The van der Waals surface area contributed by atoms with Crippen molar-refractivity contribution in [3.05, 3.63) is 48.4 Å². The molecule has 1 fully saturated rings. The summed E-state index contributed by atoms with van der Waals surface area (Å²) in [6.07, 6.45) is 3.12. The molecule has 7 heteroatoms. The Labute approximate surface area is 174 Å². The Bertz CT molecular complexity index is 1060. The zero-order valence-corrected chi connectivity index (χ0v) is 17.1. The fraction of sp³-hybridized carbons (Fsp3) is 0.348. The minimum Gasteiger partial charge on any atom is -0.496 e. The number of methoxy groups -OCH3 is 1. The van der Waals surface area contributed by atoms with Crippen molar-refractivity contribution in [2.45, 2.75) is 19.8 Å². The molecule has 6 nitrogen and oxygen atoms in total. The van der Waals surface area contributed by atoms with Crippen LogP contribution in [0, 0.1) is 11.7 Å². The highest BCUT2D eigenvalue weighted by Crippen LogP contribution is 2.37. The number of aromatic nitrogens is 2. The van der Waals surface area contributed by atoms with E-state index in [2.05, 4.69) is 9.88 Å². The van der Waals surface area contributed by atoms with Gasteiger partial charge in [0.05, 0.1) is 30.7 Å². The number of benzene rings is 1. The van der Waals surface area contributed by atoms with E-state index in [1.54, 1.807) is 19.4 Å². The molecule has 1 saturated heterocycles. The van der Waals surface area contributed by atoms with Gasteiger partial charge in [-0.15, -0.1) is 0 Å². The van der Waals surface area contributed by atoms with Gasteiger partial charge in [-0.25, -0.2) is 9.37 Å². The second-order valence-electron chi connectivity index (χ2n) is 7.26. The molecule has 0 N–H and O–H groups in total. The molecule has 0 amide bonds. The molecule has 0 atom stereocenters. The summed E-state index contributed by atoms with van der Waals surface area (Å²) >= 11 is 0. The van der Waals surface area contributed by atoms with Crippen LogP contribution in [0.2, 0.25) is 0 Å². The quantitative estimate of drug-likeness (QED) is 0.588. The molecule has 1 aromatic carbocycles. The van der Waals surface area contributed by atoms with Gasteiger partial charge in [0.1, 0.15) is 17.4 Å². The van der Waals surface area contributed by atoms with E-state index >= 15 is 0 Å². The number of esters is 1. The zero-order valence-electron chi connectivity index (χ0n) is 17.1. The molecule has 0 aliphatic carbocycles. The fourth-order valence-electron chi connectivity index (χ4n) is 3.91. The summed E-state index contributed by atoms with van der Waals surface area (Å²) in [4.78, 5) is 23.5. The van der Waals surface area contributed by atoms with Crippen molar-refractivity contribution in [1.82, 2.24) is 9.97 Å². The molecular weight excluding hydrogens is 385 g/mol. The molecule has 0 spiro atoms. The second-order valence-corrected chi connectivity index (χ2v) is 7.26. The molecular formula is C23H24FN3O3. The highest BCUT2D eigenvalue weighted by molar-refractivity contribution is 5.94. The molecule has 1 aliphatic heterocycles. The van der Waals surface area contributed by atoms with Crippen LogP contribution in [0.25, 0.3) is 22.2 Å². The Morgan fingerprint density at radius 1 is 1.20 bits per heavy atom. The number of carbonyl (C=O) groups excluding carboxylic acids is 1. The van der Waals surface area contributed by atoms with Crippen molar-refractivity contribution in [2.24, 2.45) is 5.92 Å². The van der Waals surface area contributed by atoms with Crippen molar-refractivity contribution in [2.75, 3.05) is 31.7 Å². The minimum atomic E-state index is -0.344. The molecule has 4 rings (SSSR count). The molecule has 0 bridgehead atoms. The third kappa shape index (κ3) is 3.92. The number of ether oxygens (including phenoxy) is 2. The maximum atomic E-state index is 14.1. The Balaban J connectivity index is 1.72. The number of carbonyl (C=O) groups is 1. The third-order valence-electron chi connectivity index (χ3n) is 5.44. The first kappa shape index (κ1) is 20.1. The van der Waals surface area contributed by atoms with Gasteiger partial charge >= 0.3 is 5.97 Å². The van der Waals surface area contributed by atoms with Crippen LogP contribution in [-0.4, -0.2) is 42.7 Å². The van der Waals surface area contributed by atoms with E-state index in [9.17, 15) is 9.18 Å². The average molecular weight is 409 g/mol. The van der Waals surface area contributed by atoms with Crippen molar-refractivity contribution >= 4 is 22.8 Å². The normalized spacial score (nSPS) is 14.7. The first-order valence-electron chi connectivity index (χ1n) is 10.1. The number of anilines is 1. The number of hydrogen-bond acceptors (Lipinski definition) is 6. The largest absolute Gasteiger partial charge is 0.496 e. The lowest BCUT2D eigenvalue weighted by molar-refractivity contribution is -0.148. The number of halogens is 1. The van der Waals surface area contributed by atoms with Gasteiger partial charge in [-0.3, -0.25) is 9.78 Å². The zero-order chi connectivity index (χ0) is 21.1. The lowest BCUT2D eigenvalue weighted by atomic mass is 9.96. The summed E-state index contributed by atoms with van der Waals surface area (Å²) in [6, 6.07) is 10.1. The summed E-state index contributed by atoms with van der Waals surface area (Å²) in [5.74, 6) is 0.799. The van der Waals surface area contributed by atoms with E-state index in [0.717, 1.165) is 16.9 Å². The van der Waals surface area contributed by atoms with Crippen LogP contribution < -0.4 is 9.64 Å². The van der Waals surface area contributed by atoms with Crippen LogP contribution in [0.1, 0.15) is 19.8 Å². The Kier molecular flexibility index (Phi) is 5.79. The number of piperidine rings is 1. The summed E-state index contributed by atoms with van der Waals surface area (Å²) in [5.41, 5.74) is 2.81. The van der Waals surface area contributed by atoms with Gasteiger partial charge < -0.3 is 14.4 Å². The van der Waals surface area contributed by atoms with E-state index in [0.29, 0.717) is 49.4 Å². The maximum absolute atomic E-state index is 14.1. The van der Waals surface area contributed by atoms with Crippen molar-refractivity contribution < 1.29 is 18.7 Å². The van der Waals surface area contributed by atoms with Gasteiger partial charge in [0, 0.05) is 30.4 Å². The lowest BCUT2D eigenvalue weighted by Gasteiger charge is -2.32. The van der Waals surface area contributed by atoms with Crippen LogP contribution in [0.3, 0.4) is 0 Å². The lowest BCUT2D eigenvalue weighted by Crippen LogP contribution is -2.37. The number of pyridine rings is 2. The van der Waals surface area contributed by atoms with Gasteiger partial charge in [-0.05, 0) is 56.2 Å². The molecule has 0 unspecified atom stereocenters. The molecule has 3 aromatic rings. The number of rotatable bonds is 5. The molecule has 3 heterocycles. The molecule has 1 aliphatic rings. The van der Waals surface area contributed by atoms with Crippen LogP contribution in [0.4, 0.5) is 10.2 Å². The summed E-state index contributed by atoms with van der Waals surface area (Å²) < 4.78 is 24.7. The molecule has 0 radical (unpaired) electrons. The third-order valence-corrected chi connectivity index (χ3v) is 5.44. The monoisotopic (exact) mass is 409 g/mol. The van der Waals surface area contributed by atoms with E-state index in [4.69, 9.17) is 14.5 Å². The van der Waals surface area contributed by atoms with Crippen molar-refractivity contribution in [3.63, 3.8) is 0 Å². The highest BCUT2D eigenvalue weighted by atomic mass is 19.1. The number of nitrogens with zero attached hydrogens (tertiary/aromatic N) is 3. The Morgan fingerprint density at radius 3 is 2.73 bits per heavy atom. The predicted octanol–water partition coefficient (Wildman–Crippen LogP) is 4.22. The summed E-state index contributed by atoms with van der Waals surface area (Å²) in [5, 5.41) is 0. The molecule has 2 aromatic heterocycles.